The highest BCUT2D eigenvalue weighted by molar-refractivity contribution is 7.20. The van der Waals surface area contributed by atoms with Gasteiger partial charge >= 0.3 is 0 Å². The summed E-state index contributed by atoms with van der Waals surface area (Å²) in [6, 6.07) is 14.5. The zero-order chi connectivity index (χ0) is 14.8. The van der Waals surface area contributed by atoms with Crippen LogP contribution in [0.4, 0.5) is 5.69 Å². The van der Waals surface area contributed by atoms with E-state index in [4.69, 9.17) is 0 Å². The standard InChI is InChI=1S/C17H17N3S/c1-11-8-12(2)10-14(9-11)20-19-13(3)17-18-15-6-4-5-7-16(15)21-17/h4-10,20H,1-3H3/b19-13-. The predicted octanol–water partition coefficient (Wildman–Crippen LogP) is 4.75. The van der Waals surface area contributed by atoms with Crippen molar-refractivity contribution in [1.82, 2.24) is 4.98 Å². The van der Waals surface area contributed by atoms with Crippen molar-refractivity contribution in [3.05, 3.63) is 58.6 Å². The van der Waals surface area contributed by atoms with Gasteiger partial charge < -0.3 is 0 Å². The van der Waals surface area contributed by atoms with Gasteiger partial charge in [-0.25, -0.2) is 4.98 Å². The van der Waals surface area contributed by atoms with E-state index >= 15 is 0 Å². The number of fused-ring (bicyclic) bond motifs is 1. The van der Waals surface area contributed by atoms with Crippen LogP contribution in [0.1, 0.15) is 23.1 Å². The van der Waals surface area contributed by atoms with Crippen LogP contribution in [-0.4, -0.2) is 10.7 Å². The third kappa shape index (κ3) is 3.11. The Bertz CT molecular complexity index is 765. The molecule has 3 rings (SSSR count). The molecule has 0 amide bonds. The lowest BCUT2D eigenvalue weighted by molar-refractivity contribution is 1.28. The summed E-state index contributed by atoms with van der Waals surface area (Å²) in [5, 5.41) is 5.41. The molecule has 106 valence electrons. The molecule has 0 radical (unpaired) electrons. The minimum absolute atomic E-state index is 0.898. The molecule has 0 unspecified atom stereocenters. The van der Waals surface area contributed by atoms with E-state index in [0.717, 1.165) is 21.9 Å². The maximum Gasteiger partial charge on any atom is 0.140 e. The Morgan fingerprint density at radius 2 is 1.81 bits per heavy atom. The third-order valence-corrected chi connectivity index (χ3v) is 4.32. The van der Waals surface area contributed by atoms with E-state index in [1.54, 1.807) is 11.3 Å². The topological polar surface area (TPSA) is 37.3 Å². The fraction of sp³-hybridized carbons (Fsp3) is 0.176. The summed E-state index contributed by atoms with van der Waals surface area (Å²) < 4.78 is 1.19. The molecule has 3 aromatic rings. The van der Waals surface area contributed by atoms with Crippen molar-refractivity contribution in [1.29, 1.82) is 0 Å². The molecule has 1 heterocycles. The van der Waals surface area contributed by atoms with Gasteiger partial charge in [0.05, 0.1) is 21.6 Å². The van der Waals surface area contributed by atoms with Gasteiger partial charge in [-0.2, -0.15) is 5.10 Å². The third-order valence-electron chi connectivity index (χ3n) is 3.18. The summed E-state index contributed by atoms with van der Waals surface area (Å²) in [7, 11) is 0. The molecule has 0 atom stereocenters. The van der Waals surface area contributed by atoms with Crippen LogP contribution in [0.25, 0.3) is 10.2 Å². The van der Waals surface area contributed by atoms with Crippen LogP contribution in [0.3, 0.4) is 0 Å². The number of anilines is 1. The maximum absolute atomic E-state index is 4.61. The van der Waals surface area contributed by atoms with Crippen molar-refractivity contribution in [2.45, 2.75) is 20.8 Å². The lowest BCUT2D eigenvalue weighted by Gasteiger charge is -2.04. The molecule has 0 aliphatic carbocycles. The first-order valence-corrected chi connectivity index (χ1v) is 7.68. The zero-order valence-corrected chi connectivity index (χ0v) is 13.2. The van der Waals surface area contributed by atoms with Crippen LogP contribution in [0.15, 0.2) is 47.6 Å². The molecule has 1 N–H and O–H groups in total. The number of hydrogen-bond acceptors (Lipinski definition) is 4. The highest BCUT2D eigenvalue weighted by atomic mass is 32.1. The van der Waals surface area contributed by atoms with E-state index < -0.39 is 0 Å². The van der Waals surface area contributed by atoms with Crippen LogP contribution >= 0.6 is 11.3 Å². The summed E-state index contributed by atoms with van der Waals surface area (Å²) in [5.41, 5.74) is 8.51. The number of benzene rings is 2. The van der Waals surface area contributed by atoms with E-state index in [0.29, 0.717) is 0 Å². The minimum Gasteiger partial charge on any atom is -0.278 e. The average Bonchev–Trinajstić information content (AvgIpc) is 2.87. The number of hydrogen-bond donors (Lipinski definition) is 1. The molecular formula is C17H17N3S. The average molecular weight is 295 g/mol. The molecule has 0 spiro atoms. The highest BCUT2D eigenvalue weighted by Gasteiger charge is 2.06. The second kappa shape index (κ2) is 5.66. The van der Waals surface area contributed by atoms with Gasteiger partial charge in [0.15, 0.2) is 0 Å². The molecule has 0 aliphatic rings. The first kappa shape index (κ1) is 13.8. The Labute approximate surface area is 128 Å². The molecule has 3 nitrogen and oxygen atoms in total. The molecule has 2 aromatic carbocycles. The number of hydrazone groups is 1. The van der Waals surface area contributed by atoms with E-state index in [1.807, 2.05) is 25.1 Å². The first-order chi connectivity index (χ1) is 10.1. The van der Waals surface area contributed by atoms with Gasteiger partial charge in [-0.1, -0.05) is 18.2 Å². The van der Waals surface area contributed by atoms with Gasteiger partial charge in [-0.15, -0.1) is 11.3 Å². The second-order valence-corrected chi connectivity index (χ2v) is 6.20. The Balaban J connectivity index is 1.85. The normalized spacial score (nSPS) is 11.9. The number of thiazole rings is 1. The van der Waals surface area contributed by atoms with E-state index in [1.165, 1.54) is 15.8 Å². The smallest absolute Gasteiger partial charge is 0.140 e. The quantitative estimate of drug-likeness (QED) is 0.559. The molecule has 0 bridgehead atoms. The number of aromatic nitrogens is 1. The lowest BCUT2D eigenvalue weighted by atomic mass is 10.1. The van der Waals surface area contributed by atoms with E-state index in [2.05, 4.69) is 53.6 Å². The van der Waals surface area contributed by atoms with Crippen molar-refractivity contribution >= 4 is 33.0 Å². The fourth-order valence-corrected chi connectivity index (χ4v) is 3.17. The van der Waals surface area contributed by atoms with Crippen LogP contribution in [0, 0.1) is 13.8 Å². The number of para-hydroxylation sites is 1. The van der Waals surface area contributed by atoms with Crippen molar-refractivity contribution < 1.29 is 0 Å². The molecule has 0 fully saturated rings. The van der Waals surface area contributed by atoms with E-state index in [-0.39, 0.29) is 0 Å². The molecule has 0 saturated carbocycles. The fourth-order valence-electron chi connectivity index (χ4n) is 2.26. The molecule has 4 heteroatoms. The van der Waals surface area contributed by atoms with E-state index in [9.17, 15) is 0 Å². The molecule has 21 heavy (non-hydrogen) atoms. The van der Waals surface area contributed by atoms with Crippen molar-refractivity contribution in [2.24, 2.45) is 5.10 Å². The highest BCUT2D eigenvalue weighted by Crippen LogP contribution is 2.22. The summed E-state index contributed by atoms with van der Waals surface area (Å²) in [4.78, 5) is 4.61. The molecule has 0 saturated heterocycles. The van der Waals surface area contributed by atoms with Crippen LogP contribution in [-0.2, 0) is 0 Å². The number of aryl methyl sites for hydroxylation is 2. The Morgan fingerprint density at radius 1 is 1.10 bits per heavy atom. The van der Waals surface area contributed by atoms with Crippen LogP contribution < -0.4 is 5.43 Å². The van der Waals surface area contributed by atoms with Crippen molar-refractivity contribution in [3.63, 3.8) is 0 Å². The molecule has 1 aromatic heterocycles. The summed E-state index contributed by atoms with van der Waals surface area (Å²) in [5.74, 6) is 0. The lowest BCUT2D eigenvalue weighted by Crippen LogP contribution is -1.99. The molecular weight excluding hydrogens is 278 g/mol. The predicted molar refractivity (Wildman–Crippen MR) is 91.4 cm³/mol. The summed E-state index contributed by atoms with van der Waals surface area (Å²) in [6.45, 7) is 6.15. The Kier molecular flexibility index (Phi) is 3.71. The Hall–Kier alpha value is -2.20. The largest absolute Gasteiger partial charge is 0.278 e. The second-order valence-electron chi connectivity index (χ2n) is 5.17. The number of nitrogens with zero attached hydrogens (tertiary/aromatic N) is 2. The minimum atomic E-state index is 0.898. The molecule has 0 aliphatic heterocycles. The SMILES string of the molecule is C/C(=N/Nc1cc(C)cc(C)c1)c1nc2ccccc2s1. The van der Waals surface area contributed by atoms with Crippen molar-refractivity contribution in [3.8, 4) is 0 Å². The first-order valence-electron chi connectivity index (χ1n) is 6.86. The number of nitrogens with one attached hydrogen (secondary N) is 1. The van der Waals surface area contributed by atoms with Gasteiger partial charge in [0, 0.05) is 0 Å². The van der Waals surface area contributed by atoms with Crippen molar-refractivity contribution in [2.75, 3.05) is 5.43 Å². The van der Waals surface area contributed by atoms with Gasteiger partial charge in [-0.3, -0.25) is 5.43 Å². The van der Waals surface area contributed by atoms with Crippen LogP contribution in [0.2, 0.25) is 0 Å². The Morgan fingerprint density at radius 3 is 2.52 bits per heavy atom. The van der Waals surface area contributed by atoms with Gasteiger partial charge in [0.2, 0.25) is 0 Å². The van der Waals surface area contributed by atoms with Gasteiger partial charge in [0.1, 0.15) is 5.01 Å². The maximum atomic E-state index is 4.61. The summed E-state index contributed by atoms with van der Waals surface area (Å²) >= 11 is 1.66. The van der Waals surface area contributed by atoms with Gasteiger partial charge in [0.25, 0.3) is 0 Å². The summed E-state index contributed by atoms with van der Waals surface area (Å²) in [6.07, 6.45) is 0. The van der Waals surface area contributed by atoms with Crippen LogP contribution in [0.5, 0.6) is 0 Å². The monoisotopic (exact) mass is 295 g/mol. The zero-order valence-electron chi connectivity index (χ0n) is 12.3. The van der Waals surface area contributed by atoms with Gasteiger partial charge in [-0.05, 0) is 56.2 Å². The number of rotatable bonds is 3.